The number of nitriles is 1. The Morgan fingerprint density at radius 1 is 1.19 bits per heavy atom. The van der Waals surface area contributed by atoms with Gasteiger partial charge in [0, 0.05) is 52.0 Å². The molecule has 1 fully saturated rings. The summed E-state index contributed by atoms with van der Waals surface area (Å²) in [5, 5.41) is 12.2. The summed E-state index contributed by atoms with van der Waals surface area (Å²) >= 11 is 9.89. The fraction of sp³-hybridized carbons (Fsp3) is 0.261. The largest absolute Gasteiger partial charge is 0.353 e. The molecule has 164 valence electrons. The van der Waals surface area contributed by atoms with Crippen LogP contribution in [0.4, 0.5) is 5.82 Å². The third-order valence-corrected chi connectivity index (χ3v) is 7.60. The number of aromatic nitrogens is 1. The molecule has 32 heavy (non-hydrogen) atoms. The van der Waals surface area contributed by atoms with E-state index in [0.717, 1.165) is 37.3 Å². The van der Waals surface area contributed by atoms with Crippen LogP contribution in [0.3, 0.4) is 0 Å². The van der Waals surface area contributed by atoms with Gasteiger partial charge in [-0.05, 0) is 47.2 Å². The van der Waals surface area contributed by atoms with Crippen molar-refractivity contribution in [3.05, 3.63) is 64.1 Å². The second kappa shape index (κ2) is 9.92. The number of benzene rings is 1. The van der Waals surface area contributed by atoms with Crippen LogP contribution in [0.2, 0.25) is 5.02 Å². The van der Waals surface area contributed by atoms with Gasteiger partial charge < -0.3 is 9.80 Å². The van der Waals surface area contributed by atoms with Crippen molar-refractivity contribution < 1.29 is 4.79 Å². The summed E-state index contributed by atoms with van der Waals surface area (Å²) in [5.74, 6) is 0.562. The van der Waals surface area contributed by atoms with Gasteiger partial charge in [0.25, 0.3) is 5.91 Å². The number of anilines is 1. The first kappa shape index (κ1) is 22.6. The Labute approximate surface area is 201 Å². The molecule has 1 saturated heterocycles. The van der Waals surface area contributed by atoms with Crippen LogP contribution in [-0.2, 0) is 0 Å². The molecular weight excluding hydrogens is 462 g/mol. The van der Waals surface area contributed by atoms with Crippen molar-refractivity contribution in [2.45, 2.75) is 4.21 Å². The Bertz CT molecular complexity index is 1150. The van der Waals surface area contributed by atoms with Crippen LogP contribution in [0.1, 0.15) is 15.9 Å². The second-order valence-corrected chi connectivity index (χ2v) is 10.3. The van der Waals surface area contributed by atoms with Gasteiger partial charge in [0.1, 0.15) is 11.9 Å². The Balaban J connectivity index is 1.50. The Kier molecular flexibility index (Phi) is 7.01. The van der Waals surface area contributed by atoms with Gasteiger partial charge in [0.2, 0.25) is 0 Å². The molecule has 0 atom stereocenters. The van der Waals surface area contributed by atoms with Gasteiger partial charge in [-0.1, -0.05) is 23.7 Å². The standard InChI is InChI=1S/C23H22ClN5OS2/c1-27(2)23(30)19-6-5-16(13-20(19)24)18-12-17(14-25)22(26-15-18)28-7-9-29(10-8-28)32-21-4-3-11-31-21/h3-6,11-13,15H,7-10H2,1-2H3. The van der Waals surface area contributed by atoms with Gasteiger partial charge >= 0.3 is 0 Å². The lowest BCUT2D eigenvalue weighted by Crippen LogP contribution is -2.44. The number of halogens is 1. The Morgan fingerprint density at radius 3 is 2.59 bits per heavy atom. The molecule has 0 unspecified atom stereocenters. The number of thiophene rings is 1. The first-order valence-corrected chi connectivity index (χ1v) is 12.1. The lowest BCUT2D eigenvalue weighted by molar-refractivity contribution is 0.0828. The lowest BCUT2D eigenvalue weighted by atomic mass is 10.0. The highest BCUT2D eigenvalue weighted by molar-refractivity contribution is 7.98. The van der Waals surface area contributed by atoms with Gasteiger partial charge in [-0.2, -0.15) is 5.26 Å². The molecule has 0 aliphatic carbocycles. The summed E-state index contributed by atoms with van der Waals surface area (Å²) in [7, 11) is 3.38. The van der Waals surface area contributed by atoms with E-state index in [2.05, 4.69) is 37.8 Å². The third kappa shape index (κ3) is 4.92. The highest BCUT2D eigenvalue weighted by Crippen LogP contribution is 2.31. The van der Waals surface area contributed by atoms with Crippen LogP contribution in [0.15, 0.2) is 52.2 Å². The van der Waals surface area contributed by atoms with E-state index in [1.165, 1.54) is 9.11 Å². The van der Waals surface area contributed by atoms with E-state index in [9.17, 15) is 10.1 Å². The highest BCUT2D eigenvalue weighted by atomic mass is 35.5. The zero-order valence-corrected chi connectivity index (χ0v) is 20.2. The number of carbonyl (C=O) groups is 1. The first-order chi connectivity index (χ1) is 15.5. The molecule has 2 aromatic heterocycles. The Hall–Kier alpha value is -2.57. The van der Waals surface area contributed by atoms with E-state index in [1.807, 2.05) is 12.1 Å². The minimum atomic E-state index is -0.149. The van der Waals surface area contributed by atoms with Crippen molar-refractivity contribution in [2.24, 2.45) is 0 Å². The van der Waals surface area contributed by atoms with E-state index in [4.69, 9.17) is 11.6 Å². The number of nitrogens with zero attached hydrogens (tertiary/aromatic N) is 5. The predicted octanol–water partition coefficient (Wildman–Crippen LogP) is 4.87. The fourth-order valence-electron chi connectivity index (χ4n) is 3.49. The van der Waals surface area contributed by atoms with E-state index >= 15 is 0 Å². The topological polar surface area (TPSA) is 63.5 Å². The maximum absolute atomic E-state index is 12.2. The molecule has 1 aliphatic rings. The molecule has 0 saturated carbocycles. The molecule has 0 N–H and O–H groups in total. The molecule has 3 aromatic rings. The van der Waals surface area contributed by atoms with Gasteiger partial charge in [-0.15, -0.1) is 11.3 Å². The van der Waals surface area contributed by atoms with E-state index in [0.29, 0.717) is 22.0 Å². The molecule has 3 heterocycles. The van der Waals surface area contributed by atoms with Crippen LogP contribution in [-0.4, -0.2) is 60.4 Å². The number of rotatable bonds is 5. The minimum Gasteiger partial charge on any atom is -0.353 e. The predicted molar refractivity (Wildman–Crippen MR) is 131 cm³/mol. The van der Waals surface area contributed by atoms with Crippen LogP contribution >= 0.6 is 34.9 Å². The van der Waals surface area contributed by atoms with Crippen molar-refractivity contribution >= 4 is 46.6 Å². The molecule has 0 spiro atoms. The zero-order chi connectivity index (χ0) is 22.7. The number of pyridine rings is 1. The maximum atomic E-state index is 12.2. The smallest absolute Gasteiger partial charge is 0.254 e. The molecule has 4 rings (SSSR count). The lowest BCUT2D eigenvalue weighted by Gasteiger charge is -2.34. The quantitative estimate of drug-likeness (QED) is 0.482. The fourth-order valence-corrected chi connectivity index (χ4v) is 5.60. The first-order valence-electron chi connectivity index (χ1n) is 10.1. The van der Waals surface area contributed by atoms with Crippen LogP contribution in [0.5, 0.6) is 0 Å². The molecule has 9 heteroatoms. The number of carbonyl (C=O) groups excluding carboxylic acids is 1. The molecule has 1 aromatic carbocycles. The monoisotopic (exact) mass is 483 g/mol. The van der Waals surface area contributed by atoms with Crippen molar-refractivity contribution in [3.63, 3.8) is 0 Å². The van der Waals surface area contributed by atoms with Crippen LogP contribution in [0, 0.1) is 11.3 Å². The summed E-state index contributed by atoms with van der Waals surface area (Å²) in [5.41, 5.74) is 2.59. The molecular formula is C23H22ClN5OS2. The van der Waals surface area contributed by atoms with Crippen LogP contribution in [0.25, 0.3) is 11.1 Å². The number of piperazine rings is 1. The number of hydrogen-bond acceptors (Lipinski definition) is 7. The van der Waals surface area contributed by atoms with E-state index in [1.54, 1.807) is 55.7 Å². The van der Waals surface area contributed by atoms with E-state index in [-0.39, 0.29) is 5.91 Å². The highest BCUT2D eigenvalue weighted by Gasteiger charge is 2.22. The van der Waals surface area contributed by atoms with Crippen molar-refractivity contribution in [3.8, 4) is 17.2 Å². The summed E-state index contributed by atoms with van der Waals surface area (Å²) in [6.07, 6.45) is 1.77. The van der Waals surface area contributed by atoms with Gasteiger partial charge in [-0.3, -0.25) is 4.79 Å². The average Bonchev–Trinajstić information content (AvgIpc) is 3.31. The van der Waals surface area contributed by atoms with Gasteiger partial charge in [0.05, 0.1) is 20.4 Å². The Morgan fingerprint density at radius 2 is 1.97 bits per heavy atom. The average molecular weight is 484 g/mol. The molecule has 6 nitrogen and oxygen atoms in total. The number of hydrogen-bond donors (Lipinski definition) is 0. The third-order valence-electron chi connectivity index (χ3n) is 5.18. The SMILES string of the molecule is CN(C)C(=O)c1ccc(-c2cnc(N3CCN(Sc4cccs4)CC3)c(C#N)c2)cc1Cl. The summed E-state index contributed by atoms with van der Waals surface area (Å²) in [6.45, 7) is 3.42. The minimum absolute atomic E-state index is 0.149. The molecule has 0 radical (unpaired) electrons. The summed E-state index contributed by atoms with van der Waals surface area (Å²) < 4.78 is 3.64. The molecule has 1 amide bonds. The maximum Gasteiger partial charge on any atom is 0.254 e. The number of amides is 1. The second-order valence-electron chi connectivity index (χ2n) is 7.54. The van der Waals surface area contributed by atoms with E-state index < -0.39 is 0 Å². The van der Waals surface area contributed by atoms with Crippen molar-refractivity contribution in [1.29, 1.82) is 5.26 Å². The van der Waals surface area contributed by atoms with Gasteiger partial charge in [0.15, 0.2) is 0 Å². The zero-order valence-electron chi connectivity index (χ0n) is 17.8. The van der Waals surface area contributed by atoms with Crippen molar-refractivity contribution in [2.75, 3.05) is 45.2 Å². The normalized spacial score (nSPS) is 14.2. The summed E-state index contributed by atoms with van der Waals surface area (Å²) in [6, 6.07) is 13.6. The van der Waals surface area contributed by atoms with Crippen LogP contribution < -0.4 is 4.90 Å². The van der Waals surface area contributed by atoms with Gasteiger partial charge in [-0.25, -0.2) is 9.29 Å². The summed E-state index contributed by atoms with van der Waals surface area (Å²) in [4.78, 5) is 20.5. The van der Waals surface area contributed by atoms with Crippen molar-refractivity contribution in [1.82, 2.24) is 14.2 Å². The molecule has 0 bridgehead atoms. The molecule has 1 aliphatic heterocycles.